The molecule has 1 unspecified atom stereocenters. The average molecular weight is 291 g/mol. The molecule has 20 heavy (non-hydrogen) atoms. The Balaban J connectivity index is 1.88. The van der Waals surface area contributed by atoms with Crippen LogP contribution in [0.3, 0.4) is 0 Å². The Morgan fingerprint density at radius 2 is 2.15 bits per heavy atom. The molecule has 0 amide bonds. The number of hydrogen-bond acceptors (Lipinski definition) is 4. The Kier molecular flexibility index (Phi) is 5.17. The van der Waals surface area contributed by atoms with Crippen LogP contribution in [0.1, 0.15) is 24.3 Å². The van der Waals surface area contributed by atoms with Gasteiger partial charge in [-0.15, -0.1) is 11.3 Å². The summed E-state index contributed by atoms with van der Waals surface area (Å²) < 4.78 is 5.48. The van der Waals surface area contributed by atoms with E-state index in [2.05, 4.69) is 11.4 Å². The molecule has 1 heterocycles. The number of aliphatic hydroxyl groups is 1. The van der Waals surface area contributed by atoms with Crippen LogP contribution in [0.5, 0.6) is 5.75 Å². The van der Waals surface area contributed by atoms with E-state index in [4.69, 9.17) is 4.74 Å². The summed E-state index contributed by atoms with van der Waals surface area (Å²) in [5.41, 5.74) is 0.323. The predicted molar refractivity (Wildman–Crippen MR) is 83.2 cm³/mol. The molecule has 1 atom stereocenters. The van der Waals surface area contributed by atoms with Crippen LogP contribution < -0.4 is 10.1 Å². The lowest BCUT2D eigenvalue weighted by Gasteiger charge is -2.22. The van der Waals surface area contributed by atoms with Crippen LogP contribution in [0.25, 0.3) is 0 Å². The Hall–Kier alpha value is -1.36. The Labute approximate surface area is 124 Å². The molecule has 2 aromatic rings. The molecule has 0 radical (unpaired) electrons. The van der Waals surface area contributed by atoms with Gasteiger partial charge < -0.3 is 15.2 Å². The lowest BCUT2D eigenvalue weighted by Crippen LogP contribution is -2.34. The fourth-order valence-corrected chi connectivity index (χ4v) is 2.82. The first-order valence-electron chi connectivity index (χ1n) is 6.80. The van der Waals surface area contributed by atoms with Gasteiger partial charge in [0.1, 0.15) is 11.4 Å². The van der Waals surface area contributed by atoms with Crippen LogP contribution in [0.4, 0.5) is 0 Å². The number of benzene rings is 1. The van der Waals surface area contributed by atoms with Gasteiger partial charge in [-0.05, 0) is 43.0 Å². The van der Waals surface area contributed by atoms with Crippen molar-refractivity contribution in [3.63, 3.8) is 0 Å². The third-order valence-electron chi connectivity index (χ3n) is 3.06. The zero-order chi connectivity index (χ0) is 14.4. The van der Waals surface area contributed by atoms with Gasteiger partial charge in [-0.2, -0.15) is 0 Å². The van der Waals surface area contributed by atoms with Gasteiger partial charge in [0.25, 0.3) is 0 Å². The van der Waals surface area contributed by atoms with E-state index in [1.165, 1.54) is 0 Å². The maximum atomic E-state index is 10.4. The molecule has 2 rings (SSSR count). The fraction of sp³-hybridized carbons (Fsp3) is 0.375. The van der Waals surface area contributed by atoms with Gasteiger partial charge in [0, 0.05) is 18.0 Å². The van der Waals surface area contributed by atoms with Crippen LogP contribution in [0.2, 0.25) is 0 Å². The van der Waals surface area contributed by atoms with Crippen molar-refractivity contribution in [3.8, 4) is 5.75 Å². The average Bonchev–Trinajstić information content (AvgIpc) is 2.94. The highest BCUT2D eigenvalue weighted by Crippen LogP contribution is 2.24. The third-order valence-corrected chi connectivity index (χ3v) is 4.18. The summed E-state index contributed by atoms with van der Waals surface area (Å²) in [5.74, 6) is 0.886. The van der Waals surface area contributed by atoms with Gasteiger partial charge >= 0.3 is 0 Å². The highest BCUT2D eigenvalue weighted by Gasteiger charge is 2.23. The molecule has 1 aromatic carbocycles. The molecule has 0 aliphatic rings. The van der Waals surface area contributed by atoms with E-state index >= 15 is 0 Å². The van der Waals surface area contributed by atoms with Gasteiger partial charge in [0.05, 0.1) is 6.61 Å². The molecule has 2 N–H and O–H groups in total. The number of hydrogen-bond donors (Lipinski definition) is 2. The van der Waals surface area contributed by atoms with E-state index in [-0.39, 0.29) is 0 Å². The van der Waals surface area contributed by atoms with Crippen LogP contribution >= 0.6 is 11.3 Å². The SMILES string of the molecule is CCOc1cccc(CNCC(C)(O)c2cccs2)c1. The van der Waals surface area contributed by atoms with Crippen LogP contribution in [0, 0.1) is 0 Å². The first-order chi connectivity index (χ1) is 9.62. The number of nitrogens with one attached hydrogen (secondary N) is 1. The highest BCUT2D eigenvalue weighted by atomic mass is 32.1. The predicted octanol–water partition coefficient (Wildman–Crippen LogP) is 3.14. The van der Waals surface area contributed by atoms with E-state index in [1.54, 1.807) is 11.3 Å². The first kappa shape index (κ1) is 15.0. The summed E-state index contributed by atoms with van der Waals surface area (Å²) in [6, 6.07) is 11.9. The van der Waals surface area contributed by atoms with Gasteiger partial charge in [-0.3, -0.25) is 0 Å². The van der Waals surface area contributed by atoms with E-state index in [1.807, 2.05) is 49.6 Å². The van der Waals surface area contributed by atoms with Gasteiger partial charge in [-0.1, -0.05) is 18.2 Å². The second kappa shape index (κ2) is 6.88. The van der Waals surface area contributed by atoms with Gasteiger partial charge in [0.15, 0.2) is 0 Å². The number of ether oxygens (including phenoxy) is 1. The minimum absolute atomic E-state index is 0.520. The molecule has 0 saturated heterocycles. The van der Waals surface area contributed by atoms with Gasteiger partial charge in [0.2, 0.25) is 0 Å². The molecule has 3 nitrogen and oxygen atoms in total. The minimum atomic E-state index is -0.828. The monoisotopic (exact) mass is 291 g/mol. The summed E-state index contributed by atoms with van der Waals surface area (Å²) in [6.45, 7) is 5.71. The van der Waals surface area contributed by atoms with Crippen LogP contribution in [-0.4, -0.2) is 18.3 Å². The molecular formula is C16H21NO2S. The molecule has 0 bridgehead atoms. The zero-order valence-corrected chi connectivity index (χ0v) is 12.7. The quantitative estimate of drug-likeness (QED) is 0.823. The molecule has 1 aromatic heterocycles. The zero-order valence-electron chi connectivity index (χ0n) is 11.9. The molecular weight excluding hydrogens is 270 g/mol. The molecule has 0 saturated carbocycles. The van der Waals surface area contributed by atoms with E-state index < -0.39 is 5.60 Å². The molecule has 0 spiro atoms. The summed E-state index contributed by atoms with van der Waals surface area (Å²) in [4.78, 5) is 0.980. The van der Waals surface area contributed by atoms with E-state index in [0.717, 1.165) is 16.2 Å². The van der Waals surface area contributed by atoms with Crippen molar-refractivity contribution in [1.29, 1.82) is 0 Å². The highest BCUT2D eigenvalue weighted by molar-refractivity contribution is 7.10. The van der Waals surface area contributed by atoms with Crippen molar-refractivity contribution in [2.45, 2.75) is 26.0 Å². The molecule has 0 aliphatic carbocycles. The normalized spacial score (nSPS) is 13.9. The van der Waals surface area contributed by atoms with Crippen molar-refractivity contribution in [2.24, 2.45) is 0 Å². The third kappa shape index (κ3) is 4.07. The Bertz CT molecular complexity index is 523. The van der Waals surface area contributed by atoms with E-state index in [0.29, 0.717) is 19.7 Å². The maximum Gasteiger partial charge on any atom is 0.119 e. The summed E-state index contributed by atoms with van der Waals surface area (Å²) in [5, 5.41) is 15.7. The van der Waals surface area contributed by atoms with Crippen LogP contribution in [0.15, 0.2) is 41.8 Å². The summed E-state index contributed by atoms with van der Waals surface area (Å²) in [6.07, 6.45) is 0. The summed E-state index contributed by atoms with van der Waals surface area (Å²) in [7, 11) is 0. The van der Waals surface area contributed by atoms with Crippen molar-refractivity contribution < 1.29 is 9.84 Å². The van der Waals surface area contributed by atoms with Crippen molar-refractivity contribution >= 4 is 11.3 Å². The lowest BCUT2D eigenvalue weighted by atomic mass is 10.1. The number of thiophene rings is 1. The smallest absolute Gasteiger partial charge is 0.119 e. The summed E-state index contributed by atoms with van der Waals surface area (Å²) >= 11 is 1.58. The standard InChI is InChI=1S/C16H21NO2S/c1-3-19-14-7-4-6-13(10-14)11-17-12-16(2,18)15-8-5-9-20-15/h4-10,17-18H,3,11-12H2,1-2H3. The van der Waals surface area contributed by atoms with Crippen molar-refractivity contribution in [1.82, 2.24) is 5.32 Å². The van der Waals surface area contributed by atoms with Crippen molar-refractivity contribution in [3.05, 3.63) is 52.2 Å². The molecule has 4 heteroatoms. The Morgan fingerprint density at radius 3 is 2.85 bits per heavy atom. The molecule has 0 aliphatic heterocycles. The number of rotatable bonds is 7. The molecule has 0 fully saturated rings. The Morgan fingerprint density at radius 1 is 1.30 bits per heavy atom. The first-order valence-corrected chi connectivity index (χ1v) is 7.68. The van der Waals surface area contributed by atoms with E-state index in [9.17, 15) is 5.11 Å². The second-order valence-corrected chi connectivity index (χ2v) is 5.88. The van der Waals surface area contributed by atoms with Gasteiger partial charge in [-0.25, -0.2) is 0 Å². The topological polar surface area (TPSA) is 41.5 Å². The fourth-order valence-electron chi connectivity index (χ4n) is 2.03. The largest absolute Gasteiger partial charge is 0.494 e. The van der Waals surface area contributed by atoms with Crippen LogP contribution in [-0.2, 0) is 12.1 Å². The molecule has 108 valence electrons. The van der Waals surface area contributed by atoms with Crippen molar-refractivity contribution in [2.75, 3.05) is 13.2 Å². The maximum absolute atomic E-state index is 10.4. The lowest BCUT2D eigenvalue weighted by molar-refractivity contribution is 0.0604. The second-order valence-electron chi connectivity index (χ2n) is 4.94. The minimum Gasteiger partial charge on any atom is -0.494 e.